The van der Waals surface area contributed by atoms with E-state index in [1.54, 1.807) is 25.1 Å². The highest BCUT2D eigenvalue weighted by Gasteiger charge is 2.49. The average Bonchev–Trinajstić information content (AvgIpc) is 2.51. The van der Waals surface area contributed by atoms with Crippen molar-refractivity contribution in [2.75, 3.05) is 0 Å². The summed E-state index contributed by atoms with van der Waals surface area (Å²) < 4.78 is 6.07. The highest BCUT2D eigenvalue weighted by atomic mass is 16.5. The number of para-hydroxylation sites is 1. The molecule has 1 amide bonds. The van der Waals surface area contributed by atoms with Crippen molar-refractivity contribution in [2.24, 2.45) is 0 Å². The molecule has 0 aliphatic carbocycles. The Balaban J connectivity index is 2.14. The highest BCUT2D eigenvalue weighted by Crippen LogP contribution is 2.40. The van der Waals surface area contributed by atoms with E-state index < -0.39 is 11.6 Å². The van der Waals surface area contributed by atoms with E-state index >= 15 is 0 Å². The Kier molecular flexibility index (Phi) is 3.45. The fourth-order valence-corrected chi connectivity index (χ4v) is 2.92. The summed E-state index contributed by atoms with van der Waals surface area (Å²) in [7, 11) is 0. The number of amides is 1. The van der Waals surface area contributed by atoms with E-state index in [1.165, 1.54) is 6.92 Å². The molecule has 0 saturated heterocycles. The largest absolute Gasteiger partial charge is 0.482 e. The minimum absolute atomic E-state index is 0.140. The molecule has 2 atom stereocenters. The van der Waals surface area contributed by atoms with E-state index in [0.29, 0.717) is 11.3 Å². The molecule has 1 heterocycles. The third kappa shape index (κ3) is 2.26. The number of ketones is 1. The molecule has 4 nitrogen and oxygen atoms in total. The standard InChI is InChI=1S/C18H17NO3/c1-12(20)19-18(2)16(21)14-10-6-7-11-15(14)22-17(18)13-8-4-3-5-9-13/h3-11,17H,1-2H3,(H,19,20)/t17-,18-/m1/s1. The molecule has 0 unspecified atom stereocenters. The first-order valence-electron chi connectivity index (χ1n) is 7.16. The van der Waals surface area contributed by atoms with E-state index in [4.69, 9.17) is 4.74 Å². The Hall–Kier alpha value is -2.62. The van der Waals surface area contributed by atoms with E-state index in [1.807, 2.05) is 36.4 Å². The third-order valence-corrected chi connectivity index (χ3v) is 3.91. The Morgan fingerprint density at radius 3 is 2.41 bits per heavy atom. The Labute approximate surface area is 129 Å². The van der Waals surface area contributed by atoms with E-state index in [-0.39, 0.29) is 11.7 Å². The van der Waals surface area contributed by atoms with E-state index in [2.05, 4.69) is 5.32 Å². The zero-order valence-corrected chi connectivity index (χ0v) is 12.5. The fourth-order valence-electron chi connectivity index (χ4n) is 2.92. The first-order valence-corrected chi connectivity index (χ1v) is 7.16. The first kappa shape index (κ1) is 14.3. The topological polar surface area (TPSA) is 55.4 Å². The number of carbonyl (C=O) groups is 2. The summed E-state index contributed by atoms with van der Waals surface area (Å²) in [6, 6.07) is 16.6. The summed E-state index contributed by atoms with van der Waals surface area (Å²) in [6.07, 6.45) is -0.569. The van der Waals surface area contributed by atoms with Gasteiger partial charge in [0.15, 0.2) is 11.9 Å². The molecule has 1 aliphatic rings. The van der Waals surface area contributed by atoms with Crippen LogP contribution in [0.2, 0.25) is 0 Å². The van der Waals surface area contributed by atoms with Crippen LogP contribution in [0.15, 0.2) is 54.6 Å². The van der Waals surface area contributed by atoms with Crippen molar-refractivity contribution in [3.63, 3.8) is 0 Å². The monoisotopic (exact) mass is 295 g/mol. The lowest BCUT2D eigenvalue weighted by Crippen LogP contribution is -2.59. The van der Waals surface area contributed by atoms with Crippen molar-refractivity contribution in [3.8, 4) is 5.75 Å². The van der Waals surface area contributed by atoms with Gasteiger partial charge in [0.1, 0.15) is 11.3 Å². The first-order chi connectivity index (χ1) is 10.5. The van der Waals surface area contributed by atoms with Crippen LogP contribution in [0.1, 0.15) is 35.9 Å². The average molecular weight is 295 g/mol. The lowest BCUT2D eigenvalue weighted by atomic mass is 9.80. The van der Waals surface area contributed by atoms with Crippen molar-refractivity contribution >= 4 is 11.7 Å². The van der Waals surface area contributed by atoms with Gasteiger partial charge in [0.05, 0.1) is 5.56 Å². The maximum absolute atomic E-state index is 13.0. The van der Waals surface area contributed by atoms with Gasteiger partial charge in [-0.2, -0.15) is 0 Å². The van der Waals surface area contributed by atoms with Gasteiger partial charge < -0.3 is 10.1 Å². The maximum atomic E-state index is 13.0. The number of benzene rings is 2. The lowest BCUT2D eigenvalue weighted by molar-refractivity contribution is -0.121. The molecule has 0 aromatic heterocycles. The van der Waals surface area contributed by atoms with Crippen LogP contribution in [0.25, 0.3) is 0 Å². The molecule has 1 aliphatic heterocycles. The van der Waals surface area contributed by atoms with Gasteiger partial charge in [-0.25, -0.2) is 0 Å². The molecule has 0 saturated carbocycles. The lowest BCUT2D eigenvalue weighted by Gasteiger charge is -2.41. The number of Topliss-reactive ketones (excluding diaryl/α,β-unsaturated/α-hetero) is 1. The smallest absolute Gasteiger partial charge is 0.217 e. The summed E-state index contributed by atoms with van der Waals surface area (Å²) in [5.41, 5.74) is 0.203. The zero-order chi connectivity index (χ0) is 15.7. The van der Waals surface area contributed by atoms with Gasteiger partial charge in [0.2, 0.25) is 5.91 Å². The van der Waals surface area contributed by atoms with E-state index in [9.17, 15) is 9.59 Å². The second-order valence-electron chi connectivity index (χ2n) is 5.62. The molecule has 0 bridgehead atoms. The number of hydrogen-bond donors (Lipinski definition) is 1. The molecule has 3 rings (SSSR count). The predicted octanol–water partition coefficient (Wildman–Crippen LogP) is 2.90. The molecule has 2 aromatic carbocycles. The summed E-state index contributed by atoms with van der Waals surface area (Å²) >= 11 is 0. The zero-order valence-electron chi connectivity index (χ0n) is 12.5. The highest BCUT2D eigenvalue weighted by molar-refractivity contribution is 6.08. The molecule has 0 radical (unpaired) electrons. The van der Waals surface area contributed by atoms with Gasteiger partial charge in [-0.05, 0) is 24.6 Å². The van der Waals surface area contributed by atoms with Gasteiger partial charge in [0, 0.05) is 6.92 Å². The van der Waals surface area contributed by atoms with Crippen LogP contribution in [0.3, 0.4) is 0 Å². The minimum Gasteiger partial charge on any atom is -0.482 e. The summed E-state index contributed by atoms with van der Waals surface area (Å²) in [5.74, 6) is 0.141. The summed E-state index contributed by atoms with van der Waals surface area (Å²) in [6.45, 7) is 3.12. The number of rotatable bonds is 2. The summed E-state index contributed by atoms with van der Waals surface area (Å²) in [4.78, 5) is 24.6. The molecular weight excluding hydrogens is 278 g/mol. The van der Waals surface area contributed by atoms with Crippen LogP contribution < -0.4 is 10.1 Å². The second kappa shape index (κ2) is 5.30. The number of hydrogen-bond acceptors (Lipinski definition) is 3. The second-order valence-corrected chi connectivity index (χ2v) is 5.62. The summed E-state index contributed by atoms with van der Waals surface area (Å²) in [5, 5.41) is 2.78. The molecular formula is C18H17NO3. The van der Waals surface area contributed by atoms with Crippen molar-refractivity contribution in [1.29, 1.82) is 0 Å². The third-order valence-electron chi connectivity index (χ3n) is 3.91. The quantitative estimate of drug-likeness (QED) is 0.927. The van der Waals surface area contributed by atoms with E-state index in [0.717, 1.165) is 5.56 Å². The van der Waals surface area contributed by atoms with Crippen LogP contribution >= 0.6 is 0 Å². The predicted molar refractivity (Wildman–Crippen MR) is 82.8 cm³/mol. The maximum Gasteiger partial charge on any atom is 0.217 e. The van der Waals surface area contributed by atoms with Gasteiger partial charge in [-0.3, -0.25) is 9.59 Å². The number of carbonyl (C=O) groups excluding carboxylic acids is 2. The molecule has 0 fully saturated rings. The van der Waals surface area contributed by atoms with Crippen molar-refractivity contribution in [2.45, 2.75) is 25.5 Å². The minimum atomic E-state index is -1.14. The number of nitrogens with one attached hydrogen (secondary N) is 1. The van der Waals surface area contributed by atoms with Crippen molar-refractivity contribution in [1.82, 2.24) is 5.32 Å². The van der Waals surface area contributed by atoms with Crippen molar-refractivity contribution in [3.05, 3.63) is 65.7 Å². The normalized spacial score (nSPS) is 23.4. The van der Waals surface area contributed by atoms with Crippen LogP contribution in [0, 0.1) is 0 Å². The van der Waals surface area contributed by atoms with Crippen molar-refractivity contribution < 1.29 is 14.3 Å². The van der Waals surface area contributed by atoms with Gasteiger partial charge in [0.25, 0.3) is 0 Å². The Morgan fingerprint density at radius 2 is 1.73 bits per heavy atom. The molecule has 22 heavy (non-hydrogen) atoms. The van der Waals surface area contributed by atoms with Gasteiger partial charge >= 0.3 is 0 Å². The number of ether oxygens (including phenoxy) is 1. The molecule has 4 heteroatoms. The van der Waals surface area contributed by atoms with Gasteiger partial charge in [-0.1, -0.05) is 42.5 Å². The Bertz CT molecular complexity index is 726. The molecule has 112 valence electrons. The molecule has 0 spiro atoms. The van der Waals surface area contributed by atoms with Crippen LogP contribution in [0.4, 0.5) is 0 Å². The van der Waals surface area contributed by atoms with Crippen LogP contribution in [-0.2, 0) is 4.79 Å². The fraction of sp³-hybridized carbons (Fsp3) is 0.222. The van der Waals surface area contributed by atoms with Crippen LogP contribution in [0.5, 0.6) is 5.75 Å². The molecule has 1 N–H and O–H groups in total. The number of fused-ring (bicyclic) bond motifs is 1. The van der Waals surface area contributed by atoms with Crippen LogP contribution in [-0.4, -0.2) is 17.2 Å². The van der Waals surface area contributed by atoms with Gasteiger partial charge in [-0.15, -0.1) is 0 Å². The molecule has 2 aromatic rings. The SMILES string of the molecule is CC(=O)N[C@]1(C)C(=O)c2ccccc2O[C@@H]1c1ccccc1. The Morgan fingerprint density at radius 1 is 1.09 bits per heavy atom.